The highest BCUT2D eigenvalue weighted by Crippen LogP contribution is 2.41. The van der Waals surface area contributed by atoms with E-state index in [1.54, 1.807) is 48.5 Å². The Labute approximate surface area is 201 Å². The van der Waals surface area contributed by atoms with Crippen molar-refractivity contribution >= 4 is 40.4 Å². The molecule has 1 aliphatic heterocycles. The number of benzene rings is 2. The maximum atomic E-state index is 13.1. The molecule has 2 aromatic carbocycles. The van der Waals surface area contributed by atoms with Crippen LogP contribution in [0.15, 0.2) is 71.6 Å². The van der Waals surface area contributed by atoms with Gasteiger partial charge < -0.3 is 14.7 Å². The van der Waals surface area contributed by atoms with E-state index in [4.69, 9.17) is 16.3 Å². The van der Waals surface area contributed by atoms with Gasteiger partial charge in [0.1, 0.15) is 11.5 Å². The molecule has 3 aromatic rings. The maximum Gasteiger partial charge on any atom is 0.295 e. The second kappa shape index (κ2) is 9.81. The van der Waals surface area contributed by atoms with Crippen LogP contribution >= 0.6 is 22.9 Å². The number of aliphatic hydroxyl groups is 1. The summed E-state index contributed by atoms with van der Waals surface area (Å²) < 4.78 is 5.78. The summed E-state index contributed by atoms with van der Waals surface area (Å²) in [6.45, 7) is 4.89. The zero-order chi connectivity index (χ0) is 23.5. The first kappa shape index (κ1) is 23.1. The fraction of sp³-hybridized carbons (Fsp3) is 0.231. The van der Waals surface area contributed by atoms with Crippen LogP contribution < -0.4 is 4.74 Å². The summed E-state index contributed by atoms with van der Waals surface area (Å²) >= 11 is 7.58. The normalized spacial score (nSPS) is 17.7. The second-order valence-corrected chi connectivity index (χ2v) is 9.76. The van der Waals surface area contributed by atoms with Crippen molar-refractivity contribution < 1.29 is 19.4 Å². The SMILES string of the molecule is CC(C)COc1cccc(/C(O)=C2/C(=O)C(=O)N(Cc3cccs3)C2c2ccc(Cl)cc2)c1. The molecule has 2 heterocycles. The molecule has 0 spiro atoms. The van der Waals surface area contributed by atoms with Gasteiger partial charge in [0, 0.05) is 15.5 Å². The van der Waals surface area contributed by atoms with Crippen molar-refractivity contribution in [2.45, 2.75) is 26.4 Å². The van der Waals surface area contributed by atoms with E-state index in [2.05, 4.69) is 0 Å². The number of ether oxygens (including phenoxy) is 1. The zero-order valence-electron chi connectivity index (χ0n) is 18.3. The van der Waals surface area contributed by atoms with Gasteiger partial charge in [-0.25, -0.2) is 0 Å². The summed E-state index contributed by atoms with van der Waals surface area (Å²) in [7, 11) is 0. The molecule has 1 saturated heterocycles. The van der Waals surface area contributed by atoms with Gasteiger partial charge in [-0.3, -0.25) is 9.59 Å². The van der Waals surface area contributed by atoms with Gasteiger partial charge in [-0.2, -0.15) is 0 Å². The number of aliphatic hydroxyl groups excluding tert-OH is 1. The smallest absolute Gasteiger partial charge is 0.295 e. The standard InChI is InChI=1S/C26H24ClNO4S/c1-16(2)15-32-20-6-3-5-18(13-20)24(29)22-23(17-8-10-19(27)11-9-17)28(26(31)25(22)30)14-21-7-4-12-33-21/h3-13,16,23,29H,14-15H2,1-2H3/b24-22-. The molecule has 1 aliphatic rings. The number of hydrogen-bond acceptors (Lipinski definition) is 5. The van der Waals surface area contributed by atoms with Gasteiger partial charge in [0.05, 0.1) is 24.8 Å². The van der Waals surface area contributed by atoms with E-state index in [1.807, 2.05) is 31.4 Å². The van der Waals surface area contributed by atoms with Crippen molar-refractivity contribution in [1.29, 1.82) is 0 Å². The van der Waals surface area contributed by atoms with E-state index in [0.29, 0.717) is 34.4 Å². The van der Waals surface area contributed by atoms with E-state index < -0.39 is 17.7 Å². The number of halogens is 1. The molecule has 4 rings (SSSR count). The van der Waals surface area contributed by atoms with Gasteiger partial charge in [-0.15, -0.1) is 11.3 Å². The Morgan fingerprint density at radius 2 is 1.88 bits per heavy atom. The molecule has 0 radical (unpaired) electrons. The molecule has 1 amide bonds. The lowest BCUT2D eigenvalue weighted by Crippen LogP contribution is -2.28. The molecule has 1 fully saturated rings. The van der Waals surface area contributed by atoms with Crippen LogP contribution in [-0.4, -0.2) is 28.3 Å². The van der Waals surface area contributed by atoms with E-state index in [1.165, 1.54) is 16.2 Å². The van der Waals surface area contributed by atoms with Gasteiger partial charge in [0.15, 0.2) is 0 Å². The minimum atomic E-state index is -0.732. The fourth-order valence-corrected chi connectivity index (χ4v) is 4.59. The van der Waals surface area contributed by atoms with Crippen LogP contribution in [0.3, 0.4) is 0 Å². The number of nitrogens with zero attached hydrogens (tertiary/aromatic N) is 1. The summed E-state index contributed by atoms with van der Waals surface area (Å²) in [5, 5.41) is 13.7. The number of rotatable bonds is 7. The Bertz CT molecular complexity index is 1190. The highest BCUT2D eigenvalue weighted by atomic mass is 35.5. The van der Waals surface area contributed by atoms with Crippen molar-refractivity contribution in [3.05, 3.63) is 92.6 Å². The van der Waals surface area contributed by atoms with Crippen molar-refractivity contribution in [1.82, 2.24) is 4.90 Å². The highest BCUT2D eigenvalue weighted by Gasteiger charge is 2.46. The van der Waals surface area contributed by atoms with Gasteiger partial charge in [0.2, 0.25) is 0 Å². The highest BCUT2D eigenvalue weighted by molar-refractivity contribution is 7.09. The van der Waals surface area contributed by atoms with Crippen molar-refractivity contribution in [3.63, 3.8) is 0 Å². The number of thiophene rings is 1. The van der Waals surface area contributed by atoms with Crippen LogP contribution in [-0.2, 0) is 16.1 Å². The molecule has 1 N–H and O–H groups in total. The first-order valence-corrected chi connectivity index (χ1v) is 11.9. The molecule has 33 heavy (non-hydrogen) atoms. The van der Waals surface area contributed by atoms with Gasteiger partial charge >= 0.3 is 0 Å². The minimum Gasteiger partial charge on any atom is -0.507 e. The van der Waals surface area contributed by atoms with Crippen LogP contribution in [0.2, 0.25) is 5.02 Å². The molecule has 0 aliphatic carbocycles. The van der Waals surface area contributed by atoms with E-state index >= 15 is 0 Å². The Kier molecular flexibility index (Phi) is 6.86. The summed E-state index contributed by atoms with van der Waals surface area (Å²) in [5.74, 6) is -0.648. The summed E-state index contributed by atoms with van der Waals surface area (Å²) in [6.07, 6.45) is 0. The first-order valence-electron chi connectivity index (χ1n) is 10.6. The number of likely N-dealkylation sites (tertiary alicyclic amines) is 1. The molecule has 1 unspecified atom stereocenters. The van der Waals surface area contributed by atoms with Gasteiger partial charge in [-0.1, -0.05) is 55.8 Å². The Morgan fingerprint density at radius 3 is 2.55 bits per heavy atom. The number of carbonyl (C=O) groups is 2. The Hall–Kier alpha value is -3.09. The molecule has 0 saturated carbocycles. The largest absolute Gasteiger partial charge is 0.507 e. The first-order chi connectivity index (χ1) is 15.8. The monoisotopic (exact) mass is 481 g/mol. The topological polar surface area (TPSA) is 66.8 Å². The molecular weight excluding hydrogens is 458 g/mol. The number of Topliss-reactive ketones (excluding diaryl/α,β-unsaturated/α-hetero) is 1. The van der Waals surface area contributed by atoms with Gasteiger partial charge in [-0.05, 0) is 47.2 Å². The molecule has 1 atom stereocenters. The van der Waals surface area contributed by atoms with Crippen LogP contribution in [0.4, 0.5) is 0 Å². The van der Waals surface area contributed by atoms with Crippen molar-refractivity contribution in [2.75, 3.05) is 6.61 Å². The summed E-state index contributed by atoms with van der Waals surface area (Å²) in [5.41, 5.74) is 1.17. The maximum absolute atomic E-state index is 13.1. The Balaban J connectivity index is 1.79. The molecule has 5 nitrogen and oxygen atoms in total. The second-order valence-electron chi connectivity index (χ2n) is 8.29. The number of ketones is 1. The Morgan fingerprint density at radius 1 is 1.12 bits per heavy atom. The lowest BCUT2D eigenvalue weighted by atomic mass is 9.95. The minimum absolute atomic E-state index is 0.0555. The predicted octanol–water partition coefficient (Wildman–Crippen LogP) is 6.06. The van der Waals surface area contributed by atoms with E-state index in [0.717, 1.165) is 4.88 Å². The van der Waals surface area contributed by atoms with Gasteiger partial charge in [0.25, 0.3) is 11.7 Å². The molecule has 170 valence electrons. The van der Waals surface area contributed by atoms with Crippen LogP contribution in [0.5, 0.6) is 5.75 Å². The summed E-state index contributed by atoms with van der Waals surface area (Å²) in [6, 6.07) is 17.0. The summed E-state index contributed by atoms with van der Waals surface area (Å²) in [4.78, 5) is 28.7. The number of carbonyl (C=O) groups excluding carboxylic acids is 2. The molecule has 1 aromatic heterocycles. The van der Waals surface area contributed by atoms with E-state index in [-0.39, 0.29) is 17.9 Å². The van der Waals surface area contributed by atoms with Crippen LogP contribution in [0, 0.1) is 5.92 Å². The van der Waals surface area contributed by atoms with Crippen LogP contribution in [0.1, 0.15) is 35.9 Å². The zero-order valence-corrected chi connectivity index (χ0v) is 19.9. The lowest BCUT2D eigenvalue weighted by Gasteiger charge is -2.25. The quantitative estimate of drug-likeness (QED) is 0.253. The molecular formula is C26H24ClNO4S. The predicted molar refractivity (Wildman–Crippen MR) is 130 cm³/mol. The third-order valence-corrected chi connectivity index (χ3v) is 6.44. The third kappa shape index (κ3) is 4.97. The van der Waals surface area contributed by atoms with Crippen molar-refractivity contribution in [3.8, 4) is 5.75 Å². The number of hydrogen-bond donors (Lipinski definition) is 1. The fourth-order valence-electron chi connectivity index (χ4n) is 3.76. The molecule has 0 bridgehead atoms. The van der Waals surface area contributed by atoms with E-state index in [9.17, 15) is 14.7 Å². The number of amides is 1. The average molecular weight is 482 g/mol. The van der Waals surface area contributed by atoms with Crippen molar-refractivity contribution in [2.24, 2.45) is 5.92 Å². The lowest BCUT2D eigenvalue weighted by molar-refractivity contribution is -0.140. The average Bonchev–Trinajstić information content (AvgIpc) is 3.40. The molecule has 7 heteroatoms. The third-order valence-electron chi connectivity index (χ3n) is 5.32. The van der Waals surface area contributed by atoms with Crippen LogP contribution in [0.25, 0.3) is 5.76 Å².